The molecule has 1 aliphatic rings. The lowest BCUT2D eigenvalue weighted by Crippen LogP contribution is -2.18. The van der Waals surface area contributed by atoms with Gasteiger partial charge in [0, 0.05) is 30.5 Å². The predicted molar refractivity (Wildman–Crippen MR) is 114 cm³/mol. The number of rotatable bonds is 8. The van der Waals surface area contributed by atoms with Crippen molar-refractivity contribution < 1.29 is 9.59 Å². The number of hydrazone groups is 1. The van der Waals surface area contributed by atoms with Gasteiger partial charge in [0.1, 0.15) is 11.4 Å². The first-order valence-corrected chi connectivity index (χ1v) is 9.92. The molecule has 4 rings (SSSR count). The number of ketones is 1. The quantitative estimate of drug-likeness (QED) is 0.246. The average molecular weight is 418 g/mol. The summed E-state index contributed by atoms with van der Waals surface area (Å²) in [5, 5.41) is 7.38. The normalized spacial score (nSPS) is 14.7. The number of imidazole rings is 1. The van der Waals surface area contributed by atoms with Crippen LogP contribution < -0.4 is 10.7 Å². The fraction of sp³-hybridized carbons (Fsp3) is 0.238. The topological polar surface area (TPSA) is 141 Å². The smallest absolute Gasteiger partial charge is 0.273 e. The molecule has 0 atom stereocenters. The largest absolute Gasteiger partial charge is 0.358 e. The van der Waals surface area contributed by atoms with Crippen LogP contribution in [0.15, 0.2) is 41.7 Å². The molecule has 0 radical (unpaired) electrons. The lowest BCUT2D eigenvalue weighted by atomic mass is 9.98. The van der Waals surface area contributed by atoms with E-state index in [1.165, 1.54) is 18.6 Å². The summed E-state index contributed by atoms with van der Waals surface area (Å²) in [4.78, 5) is 44.3. The number of hydrogen-bond acceptors (Lipinski definition) is 7. The van der Waals surface area contributed by atoms with Crippen LogP contribution in [0.3, 0.4) is 0 Å². The number of aromatic amines is 2. The van der Waals surface area contributed by atoms with E-state index in [1.807, 2.05) is 13.8 Å². The van der Waals surface area contributed by atoms with Crippen LogP contribution >= 0.6 is 0 Å². The third-order valence-corrected chi connectivity index (χ3v) is 4.95. The highest BCUT2D eigenvalue weighted by Crippen LogP contribution is 2.26. The van der Waals surface area contributed by atoms with Crippen molar-refractivity contribution in [1.82, 2.24) is 35.7 Å². The zero-order valence-corrected chi connectivity index (χ0v) is 17.2. The lowest BCUT2D eigenvalue weighted by molar-refractivity contribution is -0.116. The Morgan fingerprint density at radius 1 is 1.23 bits per heavy atom. The molecule has 0 bridgehead atoms. The number of likely N-dealkylation sites (N-methyl/N-ethyl adjacent to an activating group) is 1. The van der Waals surface area contributed by atoms with Crippen LogP contribution in [-0.2, 0) is 11.2 Å². The van der Waals surface area contributed by atoms with Crippen molar-refractivity contribution in [3.05, 3.63) is 70.6 Å². The van der Waals surface area contributed by atoms with Gasteiger partial charge < -0.3 is 15.3 Å². The predicted octanol–water partition coefficient (Wildman–Crippen LogP) is 1.14. The number of amides is 1. The molecule has 3 aromatic rings. The van der Waals surface area contributed by atoms with E-state index in [-0.39, 0.29) is 17.5 Å². The van der Waals surface area contributed by atoms with Gasteiger partial charge in [0.25, 0.3) is 5.91 Å². The highest BCUT2D eigenvalue weighted by molar-refractivity contribution is 6.32. The van der Waals surface area contributed by atoms with E-state index in [0.29, 0.717) is 34.7 Å². The number of nitrogens with zero attached hydrogens (tertiary/aromatic N) is 4. The average Bonchev–Trinajstić information content (AvgIpc) is 3.50. The molecule has 0 saturated carbocycles. The maximum Gasteiger partial charge on any atom is 0.273 e. The van der Waals surface area contributed by atoms with Crippen LogP contribution in [0.1, 0.15) is 45.8 Å². The van der Waals surface area contributed by atoms with Gasteiger partial charge in [0.2, 0.25) is 5.78 Å². The highest BCUT2D eigenvalue weighted by Gasteiger charge is 2.28. The Labute approximate surface area is 178 Å². The monoisotopic (exact) mass is 418 g/mol. The van der Waals surface area contributed by atoms with E-state index in [2.05, 4.69) is 40.8 Å². The molecule has 0 aliphatic carbocycles. The van der Waals surface area contributed by atoms with Crippen LogP contribution in [0, 0.1) is 6.92 Å². The highest BCUT2D eigenvalue weighted by atomic mass is 16.2. The van der Waals surface area contributed by atoms with Gasteiger partial charge in [-0.05, 0) is 38.1 Å². The molecule has 4 N–H and O–H groups in total. The molecule has 10 heteroatoms. The number of hydrogen-bond donors (Lipinski definition) is 4. The molecule has 4 heterocycles. The van der Waals surface area contributed by atoms with E-state index >= 15 is 0 Å². The minimum absolute atomic E-state index is 0.238. The van der Waals surface area contributed by atoms with Crippen LogP contribution in [0.2, 0.25) is 0 Å². The first-order chi connectivity index (χ1) is 15.1. The number of carbonyl (C=O) groups is 2. The van der Waals surface area contributed by atoms with Crippen molar-refractivity contribution in [2.24, 2.45) is 5.10 Å². The summed E-state index contributed by atoms with van der Waals surface area (Å²) in [7, 11) is 0. The zero-order valence-electron chi connectivity index (χ0n) is 17.2. The maximum atomic E-state index is 13.3. The molecule has 0 unspecified atom stereocenters. The molecular weight excluding hydrogens is 396 g/mol. The molecule has 0 aromatic carbocycles. The number of aromatic nitrogens is 5. The fourth-order valence-electron chi connectivity index (χ4n) is 3.50. The summed E-state index contributed by atoms with van der Waals surface area (Å²) in [6.45, 7) is 5.49. The van der Waals surface area contributed by atoms with Crippen LogP contribution in [-0.4, -0.2) is 55.4 Å². The third-order valence-electron chi connectivity index (χ3n) is 4.95. The fourth-order valence-corrected chi connectivity index (χ4v) is 3.50. The first kappa shape index (κ1) is 20.4. The van der Waals surface area contributed by atoms with Gasteiger partial charge in [-0.25, -0.2) is 10.4 Å². The van der Waals surface area contributed by atoms with Crippen LogP contribution in [0.5, 0.6) is 0 Å². The van der Waals surface area contributed by atoms with Gasteiger partial charge in [0.05, 0.1) is 23.0 Å². The molecule has 3 aromatic heterocycles. The third kappa shape index (κ3) is 4.05. The van der Waals surface area contributed by atoms with Crippen LogP contribution in [0.25, 0.3) is 6.08 Å². The SMILES string of the molecule is CCNCCc1c(C)[nH]c(C=C2C(=O)NN=C2c2cnccn2)c1C(=O)c1ncc[nH]1. The van der Waals surface area contributed by atoms with Crippen molar-refractivity contribution in [2.75, 3.05) is 13.1 Å². The van der Waals surface area contributed by atoms with Gasteiger partial charge in [-0.2, -0.15) is 5.10 Å². The summed E-state index contributed by atoms with van der Waals surface area (Å²) in [5.41, 5.74) is 6.34. The number of H-pyrrole nitrogens is 2. The van der Waals surface area contributed by atoms with E-state index < -0.39 is 0 Å². The van der Waals surface area contributed by atoms with Gasteiger partial charge in [0.15, 0.2) is 5.82 Å². The summed E-state index contributed by atoms with van der Waals surface area (Å²) in [6, 6.07) is 0. The summed E-state index contributed by atoms with van der Waals surface area (Å²) in [5.74, 6) is -0.385. The van der Waals surface area contributed by atoms with Crippen molar-refractivity contribution in [3.63, 3.8) is 0 Å². The Morgan fingerprint density at radius 3 is 2.81 bits per heavy atom. The van der Waals surface area contributed by atoms with E-state index in [0.717, 1.165) is 24.3 Å². The molecular formula is C21H22N8O2. The second kappa shape index (κ2) is 8.84. The van der Waals surface area contributed by atoms with E-state index in [1.54, 1.807) is 18.5 Å². The van der Waals surface area contributed by atoms with Crippen LogP contribution in [0.4, 0.5) is 0 Å². The zero-order chi connectivity index (χ0) is 21.8. The van der Waals surface area contributed by atoms with Crippen molar-refractivity contribution >= 4 is 23.5 Å². The van der Waals surface area contributed by atoms with Gasteiger partial charge >= 0.3 is 0 Å². The minimum atomic E-state index is -0.376. The lowest BCUT2D eigenvalue weighted by Gasteiger charge is -2.06. The van der Waals surface area contributed by atoms with Gasteiger partial charge in [-0.15, -0.1) is 0 Å². The second-order valence-electron chi connectivity index (χ2n) is 6.94. The minimum Gasteiger partial charge on any atom is -0.358 e. The maximum absolute atomic E-state index is 13.3. The Hall–Kier alpha value is -3.92. The number of aryl methyl sites for hydroxylation is 1. The Balaban J connectivity index is 1.80. The van der Waals surface area contributed by atoms with Crippen molar-refractivity contribution in [3.8, 4) is 0 Å². The Bertz CT molecular complexity index is 1160. The summed E-state index contributed by atoms with van der Waals surface area (Å²) >= 11 is 0. The van der Waals surface area contributed by atoms with E-state index in [9.17, 15) is 9.59 Å². The summed E-state index contributed by atoms with van der Waals surface area (Å²) < 4.78 is 0. The molecule has 1 amide bonds. The second-order valence-corrected chi connectivity index (χ2v) is 6.94. The molecule has 158 valence electrons. The van der Waals surface area contributed by atoms with Crippen molar-refractivity contribution in [1.29, 1.82) is 0 Å². The standard InChI is InChI=1S/C21H22N8O2/c1-3-22-5-4-13-12(2)27-15(17(13)19(30)20-25-8-9-26-20)10-14-18(28-29-21(14)31)16-11-23-6-7-24-16/h6-11,22,27H,3-5H2,1-2H3,(H,25,26)(H,29,31). The van der Waals surface area contributed by atoms with Gasteiger partial charge in [-0.3, -0.25) is 19.6 Å². The van der Waals surface area contributed by atoms with Crippen molar-refractivity contribution in [2.45, 2.75) is 20.3 Å². The molecule has 1 aliphatic heterocycles. The number of carbonyl (C=O) groups excluding carboxylic acids is 2. The van der Waals surface area contributed by atoms with E-state index in [4.69, 9.17) is 0 Å². The first-order valence-electron chi connectivity index (χ1n) is 9.92. The molecule has 0 spiro atoms. The molecule has 10 nitrogen and oxygen atoms in total. The van der Waals surface area contributed by atoms with Gasteiger partial charge in [-0.1, -0.05) is 6.92 Å². The summed E-state index contributed by atoms with van der Waals surface area (Å²) in [6.07, 6.45) is 10.0. The molecule has 31 heavy (non-hydrogen) atoms. The Morgan fingerprint density at radius 2 is 2.10 bits per heavy atom. The number of nitrogens with one attached hydrogen (secondary N) is 4. The Kier molecular flexibility index (Phi) is 5.80. The molecule has 0 saturated heterocycles. The molecule has 0 fully saturated rings.